The minimum atomic E-state index is 0.604. The van der Waals surface area contributed by atoms with Crippen LogP contribution in [0.2, 0.25) is 0 Å². The molecular weight excluding hydrogens is 220 g/mol. The molecule has 0 saturated carbocycles. The second-order valence-corrected chi connectivity index (χ2v) is 4.24. The van der Waals surface area contributed by atoms with Crippen molar-refractivity contribution >= 4 is 16.5 Å². The molecule has 18 heavy (non-hydrogen) atoms. The van der Waals surface area contributed by atoms with Crippen molar-refractivity contribution < 1.29 is 0 Å². The molecule has 2 aromatic rings. The van der Waals surface area contributed by atoms with E-state index in [9.17, 15) is 0 Å². The van der Waals surface area contributed by atoms with Gasteiger partial charge in [0.15, 0.2) is 0 Å². The highest BCUT2D eigenvalue weighted by atomic mass is 15.1. The fourth-order valence-corrected chi connectivity index (χ4v) is 2.18. The molecule has 0 spiro atoms. The predicted octanol–water partition coefficient (Wildman–Crippen LogP) is 3.18. The zero-order chi connectivity index (χ0) is 12.8. The molecule has 0 bridgehead atoms. The summed E-state index contributed by atoms with van der Waals surface area (Å²) >= 11 is 0. The van der Waals surface area contributed by atoms with Crippen LogP contribution in [0, 0.1) is 0 Å². The van der Waals surface area contributed by atoms with Crippen LogP contribution in [-0.2, 0) is 0 Å². The molecular formula is C16H20N2. The summed E-state index contributed by atoms with van der Waals surface area (Å²) in [7, 11) is 0. The fraction of sp³-hybridized carbons (Fsp3) is 0.250. The van der Waals surface area contributed by atoms with Crippen LogP contribution in [0.4, 0.5) is 5.69 Å². The molecule has 0 atom stereocenters. The van der Waals surface area contributed by atoms with Crippen LogP contribution < -0.4 is 10.6 Å². The number of benzene rings is 2. The maximum atomic E-state index is 5.48. The third-order valence-electron chi connectivity index (χ3n) is 3.12. The third-order valence-corrected chi connectivity index (χ3v) is 3.12. The van der Waals surface area contributed by atoms with Crippen LogP contribution in [0.1, 0.15) is 6.92 Å². The number of hydrogen-bond donors (Lipinski definition) is 1. The van der Waals surface area contributed by atoms with Crippen molar-refractivity contribution in [3.8, 4) is 0 Å². The predicted molar refractivity (Wildman–Crippen MR) is 80.0 cm³/mol. The Morgan fingerprint density at radius 1 is 1.06 bits per heavy atom. The van der Waals surface area contributed by atoms with Gasteiger partial charge in [0.2, 0.25) is 0 Å². The highest BCUT2D eigenvalue weighted by Gasteiger charge is 2.06. The summed E-state index contributed by atoms with van der Waals surface area (Å²) in [6.07, 6.45) is 4.14. The molecule has 2 heteroatoms. The summed E-state index contributed by atoms with van der Waals surface area (Å²) in [5.41, 5.74) is 6.77. The van der Waals surface area contributed by atoms with Gasteiger partial charge < -0.3 is 10.6 Å². The molecule has 0 aromatic heterocycles. The molecule has 0 heterocycles. The smallest absolute Gasteiger partial charge is 0.0448 e. The molecule has 2 rings (SSSR count). The van der Waals surface area contributed by atoms with E-state index < -0.39 is 0 Å². The largest absolute Gasteiger partial charge is 0.368 e. The maximum absolute atomic E-state index is 5.48. The van der Waals surface area contributed by atoms with Crippen LogP contribution in [0.5, 0.6) is 0 Å². The average molecular weight is 240 g/mol. The summed E-state index contributed by atoms with van der Waals surface area (Å²) in [5, 5.41) is 2.60. The Morgan fingerprint density at radius 2 is 1.83 bits per heavy atom. The van der Waals surface area contributed by atoms with E-state index in [-0.39, 0.29) is 0 Å². The number of fused-ring (bicyclic) bond motifs is 1. The lowest BCUT2D eigenvalue weighted by Crippen LogP contribution is -2.22. The molecule has 0 saturated heterocycles. The number of rotatable bonds is 5. The quantitative estimate of drug-likeness (QED) is 0.813. The van der Waals surface area contributed by atoms with E-state index in [4.69, 9.17) is 5.73 Å². The molecule has 0 unspecified atom stereocenters. The fourth-order valence-electron chi connectivity index (χ4n) is 2.18. The number of hydrogen-bond acceptors (Lipinski definition) is 2. The molecule has 0 aliphatic rings. The number of anilines is 1. The van der Waals surface area contributed by atoms with Gasteiger partial charge in [0.25, 0.3) is 0 Å². The molecule has 0 radical (unpaired) electrons. The number of nitrogens with two attached hydrogens (primary N) is 1. The van der Waals surface area contributed by atoms with Gasteiger partial charge in [-0.1, -0.05) is 48.6 Å². The summed E-state index contributed by atoms with van der Waals surface area (Å²) in [5.74, 6) is 0. The van der Waals surface area contributed by atoms with E-state index in [0.717, 1.165) is 13.1 Å². The van der Waals surface area contributed by atoms with Gasteiger partial charge >= 0.3 is 0 Å². The molecule has 2 nitrogen and oxygen atoms in total. The Labute approximate surface area is 109 Å². The minimum absolute atomic E-state index is 0.604. The van der Waals surface area contributed by atoms with Gasteiger partial charge in [0.1, 0.15) is 0 Å². The lowest BCUT2D eigenvalue weighted by atomic mass is 10.1. The van der Waals surface area contributed by atoms with Crippen LogP contribution in [-0.4, -0.2) is 19.6 Å². The molecule has 2 N–H and O–H groups in total. The van der Waals surface area contributed by atoms with Gasteiger partial charge in [0.05, 0.1) is 0 Å². The number of likely N-dealkylation sites (N-methyl/N-ethyl adjacent to an activating group) is 1. The van der Waals surface area contributed by atoms with Gasteiger partial charge in [-0.2, -0.15) is 0 Å². The zero-order valence-electron chi connectivity index (χ0n) is 10.8. The minimum Gasteiger partial charge on any atom is -0.368 e. The van der Waals surface area contributed by atoms with Crippen LogP contribution in [0.3, 0.4) is 0 Å². The van der Waals surface area contributed by atoms with Gasteiger partial charge in [-0.3, -0.25) is 0 Å². The third kappa shape index (κ3) is 2.71. The Kier molecular flexibility index (Phi) is 4.37. The second kappa shape index (κ2) is 6.22. The topological polar surface area (TPSA) is 29.3 Å². The van der Waals surface area contributed by atoms with Gasteiger partial charge in [-0.15, -0.1) is 0 Å². The first kappa shape index (κ1) is 12.7. The van der Waals surface area contributed by atoms with Crippen LogP contribution in [0.15, 0.2) is 54.6 Å². The first-order chi connectivity index (χ1) is 8.86. The lowest BCUT2D eigenvalue weighted by Gasteiger charge is -2.23. The Morgan fingerprint density at radius 3 is 2.61 bits per heavy atom. The maximum Gasteiger partial charge on any atom is 0.0448 e. The Bertz CT molecular complexity index is 526. The van der Waals surface area contributed by atoms with Gasteiger partial charge in [-0.05, 0) is 18.4 Å². The molecule has 0 aliphatic carbocycles. The van der Waals surface area contributed by atoms with Crippen molar-refractivity contribution in [3.63, 3.8) is 0 Å². The molecule has 94 valence electrons. The monoisotopic (exact) mass is 240 g/mol. The van der Waals surface area contributed by atoms with Gasteiger partial charge in [-0.25, -0.2) is 0 Å². The van der Waals surface area contributed by atoms with E-state index in [2.05, 4.69) is 60.4 Å². The zero-order valence-corrected chi connectivity index (χ0v) is 10.8. The SMILES string of the molecule is CCN(CC=CCN)c1cccc2ccccc12. The van der Waals surface area contributed by atoms with Crippen molar-refractivity contribution in [2.45, 2.75) is 6.92 Å². The average Bonchev–Trinajstić information content (AvgIpc) is 2.43. The van der Waals surface area contributed by atoms with E-state index in [1.54, 1.807) is 0 Å². The summed E-state index contributed by atoms with van der Waals surface area (Å²) in [4.78, 5) is 2.36. The standard InChI is InChI=1S/C16H20N2/c1-2-18(13-6-5-12-17)16-11-7-9-14-8-3-4-10-15(14)16/h3-11H,2,12-13,17H2,1H3. The van der Waals surface area contributed by atoms with Crippen molar-refractivity contribution in [2.24, 2.45) is 5.73 Å². The Hall–Kier alpha value is -1.80. The first-order valence-electron chi connectivity index (χ1n) is 6.44. The van der Waals surface area contributed by atoms with Crippen molar-refractivity contribution in [1.29, 1.82) is 0 Å². The first-order valence-corrected chi connectivity index (χ1v) is 6.44. The number of nitrogens with zero attached hydrogens (tertiary/aromatic N) is 1. The molecule has 2 aromatic carbocycles. The molecule has 0 amide bonds. The summed E-state index contributed by atoms with van der Waals surface area (Å²) in [6, 6.07) is 15.0. The van der Waals surface area contributed by atoms with Crippen LogP contribution >= 0.6 is 0 Å². The van der Waals surface area contributed by atoms with Gasteiger partial charge in [0, 0.05) is 30.7 Å². The van der Waals surface area contributed by atoms with Crippen molar-refractivity contribution in [1.82, 2.24) is 0 Å². The van der Waals surface area contributed by atoms with Crippen LogP contribution in [0.25, 0.3) is 10.8 Å². The van der Waals surface area contributed by atoms with Crippen molar-refractivity contribution in [3.05, 3.63) is 54.6 Å². The van der Waals surface area contributed by atoms with Crippen molar-refractivity contribution in [2.75, 3.05) is 24.5 Å². The summed E-state index contributed by atoms with van der Waals surface area (Å²) < 4.78 is 0. The van der Waals surface area contributed by atoms with E-state index in [1.165, 1.54) is 16.5 Å². The highest BCUT2D eigenvalue weighted by Crippen LogP contribution is 2.26. The summed E-state index contributed by atoms with van der Waals surface area (Å²) in [6.45, 7) is 4.68. The molecule has 0 aliphatic heterocycles. The van der Waals surface area contributed by atoms with E-state index in [1.807, 2.05) is 6.08 Å². The normalized spacial score (nSPS) is 11.2. The molecule has 0 fully saturated rings. The second-order valence-electron chi connectivity index (χ2n) is 4.24. The highest BCUT2D eigenvalue weighted by molar-refractivity contribution is 5.94. The van der Waals surface area contributed by atoms with E-state index >= 15 is 0 Å². The lowest BCUT2D eigenvalue weighted by molar-refractivity contribution is 0.908. The van der Waals surface area contributed by atoms with E-state index in [0.29, 0.717) is 6.54 Å². The Balaban J connectivity index is 2.35.